The molecule has 1 aromatic rings. The van der Waals surface area contributed by atoms with E-state index in [0.717, 1.165) is 19.0 Å². The average Bonchev–Trinajstić information content (AvgIpc) is 2.42. The van der Waals surface area contributed by atoms with Gasteiger partial charge in [0.25, 0.3) is 0 Å². The number of nitrogens with one attached hydrogen (secondary N) is 2. The topological polar surface area (TPSA) is 45.7 Å². The molecule has 21 heavy (non-hydrogen) atoms. The highest BCUT2D eigenvalue weighted by atomic mass is 127. The maximum absolute atomic E-state index is 5.00. The standard InChI is InChI=1S/C16H27N3O.HI/c1-16(2,3)14-8-6-13(7-9-14)12-19-15(17-4)18-10-11-20-5;/h6-9H,10-12H2,1-5H3,(H2,17,18,19);1H. The van der Waals surface area contributed by atoms with Gasteiger partial charge in [-0.3, -0.25) is 4.99 Å². The van der Waals surface area contributed by atoms with Crippen molar-refractivity contribution >= 4 is 29.9 Å². The van der Waals surface area contributed by atoms with Gasteiger partial charge in [0.2, 0.25) is 0 Å². The fourth-order valence-corrected chi connectivity index (χ4v) is 1.80. The van der Waals surface area contributed by atoms with E-state index in [1.807, 2.05) is 0 Å². The molecule has 1 rings (SSSR count). The van der Waals surface area contributed by atoms with Crippen LogP contribution in [0.5, 0.6) is 0 Å². The SMILES string of the molecule is CN=C(NCCOC)NCc1ccc(C(C)(C)C)cc1.I. The van der Waals surface area contributed by atoms with E-state index >= 15 is 0 Å². The van der Waals surface area contributed by atoms with Crippen LogP contribution >= 0.6 is 24.0 Å². The van der Waals surface area contributed by atoms with Crippen LogP contribution in [0, 0.1) is 0 Å². The van der Waals surface area contributed by atoms with Crippen molar-refractivity contribution in [2.24, 2.45) is 4.99 Å². The predicted molar refractivity (Wildman–Crippen MR) is 101 cm³/mol. The number of rotatable bonds is 5. The Morgan fingerprint density at radius 2 is 1.76 bits per heavy atom. The number of hydrogen-bond donors (Lipinski definition) is 2. The van der Waals surface area contributed by atoms with Crippen LogP contribution in [0.1, 0.15) is 31.9 Å². The Balaban J connectivity index is 0.00000400. The lowest BCUT2D eigenvalue weighted by molar-refractivity contribution is 0.203. The Morgan fingerprint density at radius 3 is 2.24 bits per heavy atom. The molecular formula is C16H28IN3O. The van der Waals surface area contributed by atoms with Gasteiger partial charge in [-0.05, 0) is 16.5 Å². The number of methoxy groups -OCH3 is 1. The Morgan fingerprint density at radius 1 is 1.14 bits per heavy atom. The van der Waals surface area contributed by atoms with Gasteiger partial charge in [-0.25, -0.2) is 0 Å². The Bertz CT molecular complexity index is 424. The zero-order chi connectivity index (χ0) is 15.0. The Labute approximate surface area is 145 Å². The number of aliphatic imine (C=N–C) groups is 1. The molecule has 0 heterocycles. The molecule has 0 saturated carbocycles. The first kappa shape index (κ1) is 20.2. The number of guanidine groups is 1. The monoisotopic (exact) mass is 405 g/mol. The van der Waals surface area contributed by atoms with Crippen LogP contribution in [-0.4, -0.2) is 33.3 Å². The zero-order valence-electron chi connectivity index (χ0n) is 13.7. The third kappa shape index (κ3) is 7.66. The number of benzene rings is 1. The molecule has 1 aromatic carbocycles. The number of hydrogen-bond acceptors (Lipinski definition) is 2. The lowest BCUT2D eigenvalue weighted by Gasteiger charge is -2.19. The first-order valence-corrected chi connectivity index (χ1v) is 7.00. The van der Waals surface area contributed by atoms with Crippen LogP contribution in [-0.2, 0) is 16.7 Å². The number of ether oxygens (including phenoxy) is 1. The summed E-state index contributed by atoms with van der Waals surface area (Å²) in [5.41, 5.74) is 2.79. The van der Waals surface area contributed by atoms with Crippen molar-refractivity contribution in [3.63, 3.8) is 0 Å². The summed E-state index contributed by atoms with van der Waals surface area (Å²) in [5, 5.41) is 6.48. The molecule has 0 aliphatic heterocycles. The molecule has 0 aromatic heterocycles. The van der Waals surface area contributed by atoms with Gasteiger partial charge in [-0.15, -0.1) is 24.0 Å². The van der Waals surface area contributed by atoms with Crippen LogP contribution in [0.25, 0.3) is 0 Å². The summed E-state index contributed by atoms with van der Waals surface area (Å²) in [5.74, 6) is 0.793. The average molecular weight is 405 g/mol. The van der Waals surface area contributed by atoms with Crippen molar-refractivity contribution in [2.75, 3.05) is 27.3 Å². The summed E-state index contributed by atoms with van der Waals surface area (Å²) in [6, 6.07) is 8.71. The van der Waals surface area contributed by atoms with Crippen LogP contribution in [0.15, 0.2) is 29.3 Å². The highest BCUT2D eigenvalue weighted by Crippen LogP contribution is 2.22. The van der Waals surface area contributed by atoms with Gasteiger partial charge in [0.1, 0.15) is 0 Å². The van der Waals surface area contributed by atoms with Gasteiger partial charge in [0, 0.05) is 27.2 Å². The van der Waals surface area contributed by atoms with E-state index in [4.69, 9.17) is 4.74 Å². The molecule has 0 fully saturated rings. The van der Waals surface area contributed by atoms with E-state index in [0.29, 0.717) is 6.61 Å². The zero-order valence-corrected chi connectivity index (χ0v) is 16.0. The summed E-state index contributed by atoms with van der Waals surface area (Å²) < 4.78 is 5.00. The summed E-state index contributed by atoms with van der Waals surface area (Å²) >= 11 is 0. The molecule has 120 valence electrons. The van der Waals surface area contributed by atoms with Crippen LogP contribution < -0.4 is 10.6 Å². The molecule has 5 heteroatoms. The van der Waals surface area contributed by atoms with E-state index in [-0.39, 0.29) is 29.4 Å². The second-order valence-electron chi connectivity index (χ2n) is 5.79. The summed E-state index contributed by atoms with van der Waals surface area (Å²) in [7, 11) is 3.46. The van der Waals surface area contributed by atoms with E-state index < -0.39 is 0 Å². The van der Waals surface area contributed by atoms with Gasteiger partial charge in [-0.2, -0.15) is 0 Å². The van der Waals surface area contributed by atoms with E-state index in [2.05, 4.69) is 60.7 Å². The Kier molecular flexibility index (Phi) is 9.61. The molecule has 0 saturated heterocycles. The molecule has 0 aliphatic rings. The minimum absolute atomic E-state index is 0. The van der Waals surface area contributed by atoms with Crippen LogP contribution in [0.3, 0.4) is 0 Å². The van der Waals surface area contributed by atoms with E-state index in [1.54, 1.807) is 14.2 Å². The van der Waals surface area contributed by atoms with Gasteiger partial charge < -0.3 is 15.4 Å². The minimum atomic E-state index is 0. The molecule has 4 nitrogen and oxygen atoms in total. The lowest BCUT2D eigenvalue weighted by Crippen LogP contribution is -2.38. The predicted octanol–water partition coefficient (Wildman–Crippen LogP) is 2.91. The maximum Gasteiger partial charge on any atom is 0.191 e. The molecule has 0 radical (unpaired) electrons. The largest absolute Gasteiger partial charge is 0.383 e. The summed E-state index contributed by atoms with van der Waals surface area (Å²) in [4.78, 5) is 4.17. The molecule has 0 spiro atoms. The summed E-state index contributed by atoms with van der Waals surface area (Å²) in [6.07, 6.45) is 0. The van der Waals surface area contributed by atoms with E-state index in [9.17, 15) is 0 Å². The summed E-state index contributed by atoms with van der Waals surface area (Å²) in [6.45, 7) is 8.85. The van der Waals surface area contributed by atoms with Crippen LogP contribution in [0.4, 0.5) is 0 Å². The fraction of sp³-hybridized carbons (Fsp3) is 0.562. The first-order valence-electron chi connectivity index (χ1n) is 7.00. The van der Waals surface area contributed by atoms with Crippen molar-refractivity contribution in [1.29, 1.82) is 0 Å². The number of nitrogens with zero attached hydrogens (tertiary/aromatic N) is 1. The molecule has 2 N–H and O–H groups in total. The molecular weight excluding hydrogens is 377 g/mol. The van der Waals surface area contributed by atoms with Crippen molar-refractivity contribution in [1.82, 2.24) is 10.6 Å². The normalized spacial score (nSPS) is 11.8. The van der Waals surface area contributed by atoms with Gasteiger partial charge in [0.05, 0.1) is 6.61 Å². The van der Waals surface area contributed by atoms with Gasteiger partial charge >= 0.3 is 0 Å². The fourth-order valence-electron chi connectivity index (χ4n) is 1.80. The first-order chi connectivity index (χ1) is 9.47. The minimum Gasteiger partial charge on any atom is -0.383 e. The highest BCUT2D eigenvalue weighted by Gasteiger charge is 2.12. The molecule has 0 amide bonds. The van der Waals surface area contributed by atoms with Crippen molar-refractivity contribution in [3.05, 3.63) is 35.4 Å². The third-order valence-electron chi connectivity index (χ3n) is 3.10. The van der Waals surface area contributed by atoms with Crippen LogP contribution in [0.2, 0.25) is 0 Å². The molecule has 0 bridgehead atoms. The second kappa shape index (κ2) is 10.00. The van der Waals surface area contributed by atoms with Gasteiger partial charge in [0.15, 0.2) is 5.96 Å². The highest BCUT2D eigenvalue weighted by molar-refractivity contribution is 14.0. The van der Waals surface area contributed by atoms with Crippen molar-refractivity contribution in [3.8, 4) is 0 Å². The quantitative estimate of drug-likeness (QED) is 0.343. The van der Waals surface area contributed by atoms with Crippen molar-refractivity contribution < 1.29 is 4.74 Å². The van der Waals surface area contributed by atoms with E-state index in [1.165, 1.54) is 11.1 Å². The third-order valence-corrected chi connectivity index (χ3v) is 3.10. The van der Waals surface area contributed by atoms with Gasteiger partial charge in [-0.1, -0.05) is 45.0 Å². The maximum atomic E-state index is 5.00. The molecule has 0 aliphatic carbocycles. The Hall–Kier alpha value is -0.820. The number of halogens is 1. The smallest absolute Gasteiger partial charge is 0.191 e. The molecule has 0 atom stereocenters. The van der Waals surface area contributed by atoms with Crippen molar-refractivity contribution in [2.45, 2.75) is 32.7 Å². The second-order valence-corrected chi connectivity index (χ2v) is 5.79. The molecule has 0 unspecified atom stereocenters. The lowest BCUT2D eigenvalue weighted by atomic mass is 9.87.